The fraction of sp³-hybridized carbons (Fsp3) is 0.182. The average molecular weight is 227 g/mol. The minimum atomic E-state index is -2.63. The van der Waals surface area contributed by atoms with E-state index in [0.717, 1.165) is 6.08 Å². The molecule has 0 spiro atoms. The van der Waals surface area contributed by atoms with Gasteiger partial charge in [-0.3, -0.25) is 4.79 Å². The van der Waals surface area contributed by atoms with Gasteiger partial charge in [-0.1, -0.05) is 6.07 Å². The quantitative estimate of drug-likeness (QED) is 0.801. The average Bonchev–Trinajstić information content (AvgIpc) is 2.25. The molecule has 1 amide bonds. The third-order valence-corrected chi connectivity index (χ3v) is 1.93. The molecule has 0 atom stereocenters. The number of halogens is 2. The summed E-state index contributed by atoms with van der Waals surface area (Å²) >= 11 is 0. The maximum Gasteiger partial charge on any atom is 0.267 e. The highest BCUT2D eigenvalue weighted by Crippen LogP contribution is 2.29. The lowest BCUT2D eigenvalue weighted by Crippen LogP contribution is -2.05. The summed E-state index contributed by atoms with van der Waals surface area (Å²) in [5.41, 5.74) is 5.15. The minimum Gasteiger partial charge on any atom is -0.496 e. The number of rotatable bonds is 4. The second-order valence-electron chi connectivity index (χ2n) is 3.04. The summed E-state index contributed by atoms with van der Waals surface area (Å²) in [5.74, 6) is -0.513. The molecule has 0 aliphatic carbocycles. The van der Waals surface area contributed by atoms with E-state index in [1.165, 1.54) is 25.3 Å². The van der Waals surface area contributed by atoms with Crippen molar-refractivity contribution in [1.29, 1.82) is 0 Å². The van der Waals surface area contributed by atoms with E-state index in [0.29, 0.717) is 5.56 Å². The zero-order valence-corrected chi connectivity index (χ0v) is 8.61. The molecule has 0 heterocycles. The highest BCUT2D eigenvalue weighted by molar-refractivity contribution is 5.90. The maximum absolute atomic E-state index is 12.6. The van der Waals surface area contributed by atoms with Gasteiger partial charge in [0.25, 0.3) is 6.43 Å². The summed E-state index contributed by atoms with van der Waals surface area (Å²) in [6.07, 6.45) is -0.151. The summed E-state index contributed by atoms with van der Waals surface area (Å²) in [5, 5.41) is 0. The van der Waals surface area contributed by atoms with E-state index in [1.54, 1.807) is 6.07 Å². The van der Waals surface area contributed by atoms with Gasteiger partial charge in [-0.05, 0) is 23.8 Å². The van der Waals surface area contributed by atoms with Crippen molar-refractivity contribution in [3.05, 3.63) is 35.4 Å². The molecule has 1 rings (SSSR count). The molecule has 3 nitrogen and oxygen atoms in total. The van der Waals surface area contributed by atoms with E-state index in [9.17, 15) is 13.6 Å². The molecule has 16 heavy (non-hydrogen) atoms. The van der Waals surface area contributed by atoms with Gasteiger partial charge < -0.3 is 10.5 Å². The summed E-state index contributed by atoms with van der Waals surface area (Å²) in [6, 6.07) is 4.23. The fourth-order valence-corrected chi connectivity index (χ4v) is 1.21. The van der Waals surface area contributed by atoms with E-state index in [1.807, 2.05) is 0 Å². The molecule has 5 heteroatoms. The lowest BCUT2D eigenvalue weighted by molar-refractivity contribution is -0.113. The predicted octanol–water partition coefficient (Wildman–Crippen LogP) is 2.13. The van der Waals surface area contributed by atoms with Crippen LogP contribution in [0.3, 0.4) is 0 Å². The molecule has 0 fully saturated rings. The SMILES string of the molecule is COc1ccc(C=CC(N)=O)cc1C(F)F. The first-order chi connectivity index (χ1) is 7.54. The zero-order valence-electron chi connectivity index (χ0n) is 8.61. The number of benzene rings is 1. The van der Waals surface area contributed by atoms with Crippen LogP contribution in [-0.4, -0.2) is 13.0 Å². The van der Waals surface area contributed by atoms with Crippen LogP contribution in [0.4, 0.5) is 8.78 Å². The number of methoxy groups -OCH3 is 1. The van der Waals surface area contributed by atoms with Crippen molar-refractivity contribution in [1.82, 2.24) is 0 Å². The maximum atomic E-state index is 12.6. The van der Waals surface area contributed by atoms with Crippen LogP contribution in [-0.2, 0) is 4.79 Å². The highest BCUT2D eigenvalue weighted by atomic mass is 19.3. The van der Waals surface area contributed by atoms with Crippen molar-refractivity contribution in [2.45, 2.75) is 6.43 Å². The normalized spacial score (nSPS) is 11.0. The molecule has 0 aliphatic rings. The Kier molecular flexibility index (Phi) is 3.99. The summed E-state index contributed by atoms with van der Waals surface area (Å²) < 4.78 is 30.0. The van der Waals surface area contributed by atoms with Crippen LogP contribution in [0.25, 0.3) is 6.08 Å². The molecule has 0 saturated carbocycles. The third-order valence-electron chi connectivity index (χ3n) is 1.93. The second-order valence-corrected chi connectivity index (χ2v) is 3.04. The van der Waals surface area contributed by atoms with Gasteiger partial charge in [-0.2, -0.15) is 0 Å². The van der Waals surface area contributed by atoms with Crippen molar-refractivity contribution >= 4 is 12.0 Å². The van der Waals surface area contributed by atoms with Gasteiger partial charge in [0.05, 0.1) is 12.7 Å². The van der Waals surface area contributed by atoms with Crippen LogP contribution < -0.4 is 10.5 Å². The van der Waals surface area contributed by atoms with Crippen LogP contribution >= 0.6 is 0 Å². The molecule has 0 aliphatic heterocycles. The van der Waals surface area contributed by atoms with Crippen molar-refractivity contribution < 1.29 is 18.3 Å². The number of primary amides is 1. The van der Waals surface area contributed by atoms with Gasteiger partial charge in [0.15, 0.2) is 0 Å². The molecule has 0 saturated heterocycles. The molecule has 86 valence electrons. The van der Waals surface area contributed by atoms with Crippen molar-refractivity contribution in [2.24, 2.45) is 5.73 Å². The summed E-state index contributed by atoms with van der Waals surface area (Å²) in [7, 11) is 1.32. The minimum absolute atomic E-state index is 0.117. The van der Waals surface area contributed by atoms with Crippen LogP contribution in [0, 0.1) is 0 Å². The Morgan fingerprint density at radius 2 is 2.19 bits per heavy atom. The van der Waals surface area contributed by atoms with Crippen LogP contribution in [0.1, 0.15) is 17.6 Å². The predicted molar refractivity (Wildman–Crippen MR) is 56.2 cm³/mol. The Hall–Kier alpha value is -1.91. The Bertz CT molecular complexity index is 416. The molecular weight excluding hydrogens is 216 g/mol. The number of alkyl halides is 2. The topological polar surface area (TPSA) is 52.3 Å². The van der Waals surface area contributed by atoms with Crippen molar-refractivity contribution in [2.75, 3.05) is 7.11 Å². The fourth-order valence-electron chi connectivity index (χ4n) is 1.21. The van der Waals surface area contributed by atoms with Crippen molar-refractivity contribution in [3.8, 4) is 5.75 Å². The van der Waals surface area contributed by atoms with Gasteiger partial charge in [0.1, 0.15) is 5.75 Å². The van der Waals surface area contributed by atoms with E-state index in [-0.39, 0.29) is 11.3 Å². The molecule has 1 aromatic carbocycles. The molecule has 0 bridgehead atoms. The molecule has 2 N–H and O–H groups in total. The summed E-state index contributed by atoms with van der Waals surface area (Å²) in [6.45, 7) is 0. The van der Waals surface area contributed by atoms with E-state index in [2.05, 4.69) is 0 Å². The molecule has 0 unspecified atom stereocenters. The number of hydrogen-bond acceptors (Lipinski definition) is 2. The van der Waals surface area contributed by atoms with Crippen molar-refractivity contribution in [3.63, 3.8) is 0 Å². The number of hydrogen-bond donors (Lipinski definition) is 1. The number of nitrogens with two attached hydrogens (primary N) is 1. The zero-order chi connectivity index (χ0) is 12.1. The third kappa shape index (κ3) is 3.05. The lowest BCUT2D eigenvalue weighted by atomic mass is 10.1. The van der Waals surface area contributed by atoms with Crippen LogP contribution in [0.5, 0.6) is 5.75 Å². The Morgan fingerprint density at radius 3 is 2.69 bits per heavy atom. The molecule has 0 aromatic heterocycles. The highest BCUT2D eigenvalue weighted by Gasteiger charge is 2.13. The first-order valence-corrected chi connectivity index (χ1v) is 4.48. The second kappa shape index (κ2) is 5.25. The number of ether oxygens (including phenoxy) is 1. The standard InChI is InChI=1S/C11H11F2NO2/c1-16-9-4-2-7(3-5-10(14)15)6-8(9)11(12)13/h2-6,11H,1H3,(H2,14,15). The molecule has 1 aromatic rings. The monoisotopic (exact) mass is 227 g/mol. The smallest absolute Gasteiger partial charge is 0.267 e. The largest absolute Gasteiger partial charge is 0.496 e. The molecular formula is C11H11F2NO2. The van der Waals surface area contributed by atoms with Crippen LogP contribution in [0.2, 0.25) is 0 Å². The first kappa shape index (κ1) is 12.2. The number of carbonyl (C=O) groups excluding carboxylic acids is 1. The Balaban J connectivity index is 3.07. The van der Waals surface area contributed by atoms with E-state index < -0.39 is 12.3 Å². The molecule has 0 radical (unpaired) electrons. The first-order valence-electron chi connectivity index (χ1n) is 4.48. The van der Waals surface area contributed by atoms with E-state index in [4.69, 9.17) is 10.5 Å². The lowest BCUT2D eigenvalue weighted by Gasteiger charge is -2.08. The van der Waals surface area contributed by atoms with Gasteiger partial charge in [-0.15, -0.1) is 0 Å². The Labute approximate surface area is 91.5 Å². The number of carbonyl (C=O) groups is 1. The van der Waals surface area contributed by atoms with Crippen LogP contribution in [0.15, 0.2) is 24.3 Å². The van der Waals surface area contributed by atoms with Gasteiger partial charge in [0, 0.05) is 6.08 Å². The van der Waals surface area contributed by atoms with Gasteiger partial charge in [-0.25, -0.2) is 8.78 Å². The summed E-state index contributed by atoms with van der Waals surface area (Å²) in [4.78, 5) is 10.5. The van der Waals surface area contributed by atoms with Gasteiger partial charge in [0.2, 0.25) is 5.91 Å². The number of amides is 1. The Morgan fingerprint density at radius 1 is 1.50 bits per heavy atom. The van der Waals surface area contributed by atoms with E-state index >= 15 is 0 Å². The van der Waals surface area contributed by atoms with Gasteiger partial charge >= 0.3 is 0 Å².